The van der Waals surface area contributed by atoms with Crippen LogP contribution in [-0.2, 0) is 4.74 Å². The predicted octanol–water partition coefficient (Wildman–Crippen LogP) is 1.10. The second kappa shape index (κ2) is 5.10. The molecule has 0 aromatic carbocycles. The molecular formula is C14H19N5O. The zero-order chi connectivity index (χ0) is 13.4. The van der Waals surface area contributed by atoms with Crippen LogP contribution in [0, 0.1) is 0 Å². The van der Waals surface area contributed by atoms with Crippen molar-refractivity contribution in [2.24, 2.45) is 0 Å². The van der Waals surface area contributed by atoms with Crippen molar-refractivity contribution < 1.29 is 4.74 Å². The number of nitrogens with one attached hydrogen (secondary N) is 1. The maximum Gasteiger partial charge on any atom is 0.252 e. The zero-order valence-electron chi connectivity index (χ0n) is 11.5. The largest absolute Gasteiger partial charge is 0.381 e. The molecule has 0 amide bonds. The molecule has 4 heterocycles. The Morgan fingerprint density at radius 1 is 1.30 bits per heavy atom. The molecule has 0 saturated carbocycles. The van der Waals surface area contributed by atoms with Gasteiger partial charge in [0.05, 0.1) is 12.3 Å². The topological polar surface area (TPSA) is 64.3 Å². The highest BCUT2D eigenvalue weighted by atomic mass is 16.5. The summed E-state index contributed by atoms with van der Waals surface area (Å²) in [5.41, 5.74) is 1.22. The third kappa shape index (κ3) is 2.09. The lowest BCUT2D eigenvalue weighted by molar-refractivity contribution is 0.193. The summed E-state index contributed by atoms with van der Waals surface area (Å²) in [6.07, 6.45) is 5.28. The maximum absolute atomic E-state index is 5.43. The van der Waals surface area contributed by atoms with E-state index in [1.54, 1.807) is 0 Å². The molecule has 2 unspecified atom stereocenters. The molecule has 1 N–H and O–H groups in total. The third-order valence-corrected chi connectivity index (χ3v) is 4.30. The Morgan fingerprint density at radius 3 is 3.10 bits per heavy atom. The molecular weight excluding hydrogens is 254 g/mol. The molecule has 0 radical (unpaired) electrons. The molecule has 6 nitrogen and oxygen atoms in total. The predicted molar refractivity (Wildman–Crippen MR) is 73.8 cm³/mol. The molecule has 0 spiro atoms. The van der Waals surface area contributed by atoms with Crippen molar-refractivity contribution in [1.29, 1.82) is 0 Å². The molecule has 20 heavy (non-hydrogen) atoms. The summed E-state index contributed by atoms with van der Waals surface area (Å²) in [5, 5.41) is 8.16. The van der Waals surface area contributed by atoms with Gasteiger partial charge in [0.15, 0.2) is 5.82 Å². The number of hydrogen-bond donors (Lipinski definition) is 1. The first-order chi connectivity index (χ1) is 9.92. The molecule has 2 aromatic heterocycles. The van der Waals surface area contributed by atoms with Crippen molar-refractivity contribution in [2.45, 2.75) is 31.1 Å². The van der Waals surface area contributed by atoms with Gasteiger partial charge in [-0.15, -0.1) is 5.10 Å². The van der Waals surface area contributed by atoms with E-state index >= 15 is 0 Å². The first-order valence-corrected chi connectivity index (χ1v) is 7.42. The van der Waals surface area contributed by atoms with Gasteiger partial charge in [0, 0.05) is 31.2 Å². The van der Waals surface area contributed by atoms with Crippen LogP contribution in [0.5, 0.6) is 0 Å². The van der Waals surface area contributed by atoms with Crippen LogP contribution in [0.2, 0.25) is 0 Å². The van der Waals surface area contributed by atoms with Gasteiger partial charge in [-0.3, -0.25) is 0 Å². The number of ether oxygens (including phenoxy) is 1. The van der Waals surface area contributed by atoms with Crippen molar-refractivity contribution in [2.75, 3.05) is 26.3 Å². The second-order valence-corrected chi connectivity index (χ2v) is 5.66. The SMILES string of the molecule is c1cc(C2CCCNC2)n2nc(C3CCOC3)nc2n1. The number of fused-ring (bicyclic) bond motifs is 1. The average molecular weight is 273 g/mol. The number of aromatic nitrogens is 4. The lowest BCUT2D eigenvalue weighted by Gasteiger charge is -2.22. The zero-order valence-corrected chi connectivity index (χ0v) is 11.5. The summed E-state index contributed by atoms with van der Waals surface area (Å²) in [5.74, 6) is 2.43. The van der Waals surface area contributed by atoms with Crippen LogP contribution < -0.4 is 5.32 Å². The van der Waals surface area contributed by atoms with Crippen LogP contribution >= 0.6 is 0 Å². The van der Waals surface area contributed by atoms with Crippen LogP contribution in [0.25, 0.3) is 5.78 Å². The first-order valence-electron chi connectivity index (χ1n) is 7.42. The lowest BCUT2D eigenvalue weighted by Crippen LogP contribution is -2.29. The highest BCUT2D eigenvalue weighted by Gasteiger charge is 2.24. The van der Waals surface area contributed by atoms with E-state index in [0.717, 1.165) is 44.3 Å². The molecule has 2 aromatic rings. The van der Waals surface area contributed by atoms with E-state index in [1.807, 2.05) is 10.7 Å². The first kappa shape index (κ1) is 12.2. The summed E-state index contributed by atoms with van der Waals surface area (Å²) in [6.45, 7) is 3.68. The fraction of sp³-hybridized carbons (Fsp3) is 0.643. The van der Waals surface area contributed by atoms with E-state index in [2.05, 4.69) is 21.4 Å². The molecule has 0 bridgehead atoms. The Kier molecular flexibility index (Phi) is 3.12. The van der Waals surface area contributed by atoms with Gasteiger partial charge in [0.2, 0.25) is 0 Å². The minimum atomic E-state index is 0.328. The van der Waals surface area contributed by atoms with E-state index in [-0.39, 0.29) is 0 Å². The van der Waals surface area contributed by atoms with E-state index in [9.17, 15) is 0 Å². The van der Waals surface area contributed by atoms with Crippen LogP contribution in [0.3, 0.4) is 0 Å². The van der Waals surface area contributed by atoms with E-state index in [0.29, 0.717) is 11.8 Å². The second-order valence-electron chi connectivity index (χ2n) is 5.66. The summed E-state index contributed by atoms with van der Waals surface area (Å²) >= 11 is 0. The van der Waals surface area contributed by atoms with Crippen molar-refractivity contribution in [3.05, 3.63) is 23.8 Å². The fourth-order valence-electron chi connectivity index (χ4n) is 3.15. The van der Waals surface area contributed by atoms with Crippen molar-refractivity contribution in [3.63, 3.8) is 0 Å². The highest BCUT2D eigenvalue weighted by Crippen LogP contribution is 2.26. The monoisotopic (exact) mass is 273 g/mol. The van der Waals surface area contributed by atoms with Crippen LogP contribution in [-0.4, -0.2) is 45.9 Å². The smallest absolute Gasteiger partial charge is 0.252 e. The summed E-state index contributed by atoms with van der Waals surface area (Å²) in [4.78, 5) is 8.95. The van der Waals surface area contributed by atoms with Crippen LogP contribution in [0.15, 0.2) is 12.3 Å². The average Bonchev–Trinajstić information content (AvgIpc) is 3.16. The molecule has 2 atom stereocenters. The van der Waals surface area contributed by atoms with Gasteiger partial charge in [0.25, 0.3) is 5.78 Å². The van der Waals surface area contributed by atoms with Crippen LogP contribution in [0.4, 0.5) is 0 Å². The molecule has 106 valence electrons. The van der Waals surface area contributed by atoms with Crippen molar-refractivity contribution in [3.8, 4) is 0 Å². The molecule has 2 aliphatic heterocycles. The molecule has 2 aliphatic rings. The van der Waals surface area contributed by atoms with Gasteiger partial charge in [-0.1, -0.05) is 0 Å². The molecule has 4 rings (SSSR count). The van der Waals surface area contributed by atoms with Crippen molar-refractivity contribution in [1.82, 2.24) is 24.9 Å². The van der Waals surface area contributed by atoms with Gasteiger partial charge < -0.3 is 10.1 Å². The van der Waals surface area contributed by atoms with E-state index < -0.39 is 0 Å². The number of hydrogen-bond acceptors (Lipinski definition) is 5. The number of rotatable bonds is 2. The van der Waals surface area contributed by atoms with Gasteiger partial charge in [-0.25, -0.2) is 9.50 Å². The number of piperidine rings is 1. The third-order valence-electron chi connectivity index (χ3n) is 4.30. The van der Waals surface area contributed by atoms with Gasteiger partial charge >= 0.3 is 0 Å². The quantitative estimate of drug-likeness (QED) is 0.887. The Morgan fingerprint density at radius 2 is 2.30 bits per heavy atom. The minimum absolute atomic E-state index is 0.328. The van der Waals surface area contributed by atoms with Gasteiger partial charge in [-0.05, 0) is 31.9 Å². The van der Waals surface area contributed by atoms with Gasteiger partial charge in [-0.2, -0.15) is 4.98 Å². The van der Waals surface area contributed by atoms with Crippen molar-refractivity contribution >= 4 is 5.78 Å². The Balaban J connectivity index is 1.73. The standard InChI is InChI=1S/C14H19N5O/c1-2-10(8-15-5-1)12-3-6-16-14-17-13(18-19(12)14)11-4-7-20-9-11/h3,6,10-11,15H,1-2,4-5,7-9H2. The van der Waals surface area contributed by atoms with E-state index in [4.69, 9.17) is 9.84 Å². The van der Waals surface area contributed by atoms with Gasteiger partial charge in [0.1, 0.15) is 0 Å². The molecule has 0 aliphatic carbocycles. The Hall–Kier alpha value is -1.53. The summed E-state index contributed by atoms with van der Waals surface area (Å²) in [7, 11) is 0. The summed E-state index contributed by atoms with van der Waals surface area (Å²) in [6, 6.07) is 2.08. The van der Waals surface area contributed by atoms with Crippen LogP contribution in [0.1, 0.15) is 42.6 Å². The van der Waals surface area contributed by atoms with E-state index in [1.165, 1.54) is 18.5 Å². The minimum Gasteiger partial charge on any atom is -0.381 e. The molecule has 2 saturated heterocycles. The fourth-order valence-corrected chi connectivity index (χ4v) is 3.15. The highest BCUT2D eigenvalue weighted by molar-refractivity contribution is 5.31. The molecule has 6 heteroatoms. The Bertz CT molecular complexity index is 599. The molecule has 2 fully saturated rings. The Labute approximate surface area is 117 Å². The lowest BCUT2D eigenvalue weighted by atomic mass is 9.96. The maximum atomic E-state index is 5.43. The summed E-state index contributed by atoms with van der Waals surface area (Å²) < 4.78 is 7.37. The number of nitrogens with zero attached hydrogens (tertiary/aromatic N) is 4. The normalized spacial score (nSPS) is 27.2.